The maximum absolute atomic E-state index is 4.37. The van der Waals surface area contributed by atoms with Crippen LogP contribution in [-0.4, -0.2) is 38.0 Å². The molecule has 0 aliphatic carbocycles. The van der Waals surface area contributed by atoms with Gasteiger partial charge in [0, 0.05) is 32.1 Å². The van der Waals surface area contributed by atoms with Gasteiger partial charge in [0.2, 0.25) is 0 Å². The zero-order valence-corrected chi connectivity index (χ0v) is 14.5. The first-order valence-electron chi connectivity index (χ1n) is 7.69. The molecule has 0 fully saturated rings. The zero-order valence-electron chi connectivity index (χ0n) is 13.7. The summed E-state index contributed by atoms with van der Waals surface area (Å²) in [7, 11) is 3.94. The van der Waals surface area contributed by atoms with Gasteiger partial charge in [-0.3, -0.25) is 4.99 Å². The number of nitrogens with one attached hydrogen (secondary N) is 1. The Morgan fingerprint density at radius 2 is 2.09 bits per heavy atom. The quantitative estimate of drug-likeness (QED) is 0.654. The average molecular weight is 315 g/mol. The molecule has 0 atom stereocenters. The molecular weight excluding hydrogens is 290 g/mol. The molecule has 1 heterocycles. The van der Waals surface area contributed by atoms with Crippen molar-refractivity contribution >= 4 is 17.3 Å². The lowest BCUT2D eigenvalue weighted by Crippen LogP contribution is -2.40. The van der Waals surface area contributed by atoms with Gasteiger partial charge in [-0.25, -0.2) is 0 Å². The summed E-state index contributed by atoms with van der Waals surface area (Å²) in [6, 6.07) is 13.0. The molecule has 0 radical (unpaired) electrons. The van der Waals surface area contributed by atoms with Gasteiger partial charge in [-0.2, -0.15) is 0 Å². The summed E-state index contributed by atoms with van der Waals surface area (Å²) in [5, 5.41) is 5.58. The fourth-order valence-electron chi connectivity index (χ4n) is 2.41. The highest BCUT2D eigenvalue weighted by atomic mass is 32.1. The molecule has 22 heavy (non-hydrogen) atoms. The van der Waals surface area contributed by atoms with Crippen molar-refractivity contribution < 1.29 is 0 Å². The van der Waals surface area contributed by atoms with Gasteiger partial charge >= 0.3 is 0 Å². The summed E-state index contributed by atoms with van der Waals surface area (Å²) in [5.41, 5.74) is 2.68. The molecule has 0 spiro atoms. The van der Waals surface area contributed by atoms with E-state index >= 15 is 0 Å². The molecule has 4 heteroatoms. The van der Waals surface area contributed by atoms with E-state index in [0.717, 1.165) is 31.9 Å². The molecule has 1 aromatic carbocycles. The second-order valence-corrected chi connectivity index (χ2v) is 6.50. The lowest BCUT2D eigenvalue weighted by Gasteiger charge is -2.21. The molecule has 0 unspecified atom stereocenters. The van der Waals surface area contributed by atoms with Crippen molar-refractivity contribution in [2.75, 3.05) is 27.2 Å². The molecule has 3 nitrogen and oxygen atoms in total. The standard InChI is InChI=1S/C18H25N3S/c1-15-6-4-7-16(14-15)9-11-20-18(19-2)21(3)12-10-17-8-5-13-22-17/h4-8,13-14H,9-12H2,1-3H3,(H,19,20). The Kier molecular flexibility index (Phi) is 6.46. The molecule has 0 saturated heterocycles. The third-order valence-corrected chi connectivity index (χ3v) is 4.56. The van der Waals surface area contributed by atoms with Crippen LogP contribution < -0.4 is 5.32 Å². The molecule has 0 saturated carbocycles. The van der Waals surface area contributed by atoms with Crippen molar-refractivity contribution in [3.05, 3.63) is 57.8 Å². The van der Waals surface area contributed by atoms with E-state index in [4.69, 9.17) is 0 Å². The summed E-state index contributed by atoms with van der Waals surface area (Å²) in [6.45, 7) is 4.01. The van der Waals surface area contributed by atoms with E-state index in [1.54, 1.807) is 0 Å². The first-order valence-corrected chi connectivity index (χ1v) is 8.56. The molecule has 0 aliphatic heterocycles. The third-order valence-electron chi connectivity index (χ3n) is 3.63. The van der Waals surface area contributed by atoms with Crippen LogP contribution in [0, 0.1) is 6.92 Å². The molecule has 2 aromatic rings. The number of hydrogen-bond acceptors (Lipinski definition) is 2. The summed E-state index contributed by atoms with van der Waals surface area (Å²) >= 11 is 1.81. The van der Waals surface area contributed by atoms with Gasteiger partial charge in [0.15, 0.2) is 5.96 Å². The van der Waals surface area contributed by atoms with Crippen molar-refractivity contribution in [3.8, 4) is 0 Å². The molecule has 1 N–H and O–H groups in total. The van der Waals surface area contributed by atoms with Crippen LogP contribution in [0.4, 0.5) is 0 Å². The van der Waals surface area contributed by atoms with Gasteiger partial charge < -0.3 is 10.2 Å². The van der Waals surface area contributed by atoms with Gasteiger partial charge in [0.05, 0.1) is 0 Å². The number of aliphatic imine (C=N–C) groups is 1. The van der Waals surface area contributed by atoms with Crippen LogP contribution in [0.15, 0.2) is 46.8 Å². The van der Waals surface area contributed by atoms with Crippen molar-refractivity contribution in [3.63, 3.8) is 0 Å². The maximum atomic E-state index is 4.37. The molecule has 118 valence electrons. The smallest absolute Gasteiger partial charge is 0.193 e. The number of thiophene rings is 1. The lowest BCUT2D eigenvalue weighted by molar-refractivity contribution is 0.487. The molecule has 0 aliphatic rings. The summed E-state index contributed by atoms with van der Waals surface area (Å²) in [5.74, 6) is 0.962. The Bertz CT molecular complexity index is 590. The summed E-state index contributed by atoms with van der Waals surface area (Å²) < 4.78 is 0. The Morgan fingerprint density at radius 1 is 1.23 bits per heavy atom. The second kappa shape index (κ2) is 8.59. The van der Waals surface area contributed by atoms with Gasteiger partial charge in [-0.15, -0.1) is 11.3 Å². The first kappa shape index (κ1) is 16.6. The first-order chi connectivity index (χ1) is 10.7. The lowest BCUT2D eigenvalue weighted by atomic mass is 10.1. The van der Waals surface area contributed by atoms with Gasteiger partial charge in [-0.05, 0) is 36.8 Å². The van der Waals surface area contributed by atoms with E-state index in [0.29, 0.717) is 0 Å². The number of likely N-dealkylation sites (N-methyl/N-ethyl adjacent to an activating group) is 1. The number of nitrogens with zero attached hydrogens (tertiary/aromatic N) is 2. The fraction of sp³-hybridized carbons (Fsp3) is 0.389. The number of rotatable bonds is 6. The molecule has 0 amide bonds. The predicted octanol–water partition coefficient (Wildman–Crippen LogP) is 3.35. The van der Waals surface area contributed by atoms with Gasteiger partial charge in [-0.1, -0.05) is 35.9 Å². The highest BCUT2D eigenvalue weighted by Gasteiger charge is 2.06. The van der Waals surface area contributed by atoms with Crippen molar-refractivity contribution in [1.29, 1.82) is 0 Å². The van der Waals surface area contributed by atoms with Crippen LogP contribution in [0.25, 0.3) is 0 Å². The normalized spacial score (nSPS) is 11.5. The highest BCUT2D eigenvalue weighted by Crippen LogP contribution is 2.09. The van der Waals surface area contributed by atoms with E-state index in [-0.39, 0.29) is 0 Å². The van der Waals surface area contributed by atoms with E-state index in [1.165, 1.54) is 16.0 Å². The third kappa shape index (κ3) is 5.19. The Balaban J connectivity index is 1.76. The van der Waals surface area contributed by atoms with Crippen molar-refractivity contribution in [2.45, 2.75) is 19.8 Å². The molecule has 1 aromatic heterocycles. The average Bonchev–Trinajstić information content (AvgIpc) is 3.03. The van der Waals surface area contributed by atoms with Crippen LogP contribution in [-0.2, 0) is 12.8 Å². The minimum Gasteiger partial charge on any atom is -0.356 e. The monoisotopic (exact) mass is 315 g/mol. The minimum atomic E-state index is 0.902. The SMILES string of the molecule is CN=C(NCCc1cccc(C)c1)N(C)CCc1cccs1. The highest BCUT2D eigenvalue weighted by molar-refractivity contribution is 7.09. The van der Waals surface area contributed by atoms with E-state index in [2.05, 4.69) is 71.0 Å². The fourth-order valence-corrected chi connectivity index (χ4v) is 3.11. The number of hydrogen-bond donors (Lipinski definition) is 1. The Hall–Kier alpha value is -1.81. The number of aryl methyl sites for hydroxylation is 1. The van der Waals surface area contributed by atoms with Crippen LogP contribution in [0.1, 0.15) is 16.0 Å². The van der Waals surface area contributed by atoms with Crippen LogP contribution in [0.2, 0.25) is 0 Å². The Morgan fingerprint density at radius 3 is 2.77 bits per heavy atom. The van der Waals surface area contributed by atoms with Crippen molar-refractivity contribution in [1.82, 2.24) is 10.2 Å². The Labute approximate surface area is 137 Å². The second-order valence-electron chi connectivity index (χ2n) is 5.46. The molecular formula is C18H25N3S. The topological polar surface area (TPSA) is 27.6 Å². The van der Waals surface area contributed by atoms with E-state index in [9.17, 15) is 0 Å². The van der Waals surface area contributed by atoms with Crippen LogP contribution in [0.5, 0.6) is 0 Å². The predicted molar refractivity (Wildman–Crippen MR) is 96.9 cm³/mol. The number of benzene rings is 1. The van der Waals surface area contributed by atoms with E-state index in [1.807, 2.05) is 18.4 Å². The number of guanidine groups is 1. The zero-order chi connectivity index (χ0) is 15.8. The minimum absolute atomic E-state index is 0.902. The van der Waals surface area contributed by atoms with Crippen LogP contribution >= 0.6 is 11.3 Å². The molecule has 0 bridgehead atoms. The van der Waals surface area contributed by atoms with Crippen molar-refractivity contribution in [2.24, 2.45) is 4.99 Å². The van der Waals surface area contributed by atoms with Gasteiger partial charge in [0.25, 0.3) is 0 Å². The maximum Gasteiger partial charge on any atom is 0.193 e. The van der Waals surface area contributed by atoms with Gasteiger partial charge in [0.1, 0.15) is 0 Å². The van der Waals surface area contributed by atoms with Crippen LogP contribution in [0.3, 0.4) is 0 Å². The largest absolute Gasteiger partial charge is 0.356 e. The summed E-state index contributed by atoms with van der Waals surface area (Å²) in [6.07, 6.45) is 2.08. The molecule has 2 rings (SSSR count). The summed E-state index contributed by atoms with van der Waals surface area (Å²) in [4.78, 5) is 7.98. The van der Waals surface area contributed by atoms with E-state index < -0.39 is 0 Å².